The maximum atomic E-state index is 10.1. The first kappa shape index (κ1) is 12.4. The van der Waals surface area contributed by atoms with Crippen molar-refractivity contribution in [1.29, 1.82) is 0 Å². The van der Waals surface area contributed by atoms with Crippen LogP contribution in [0, 0.1) is 23.7 Å². The van der Waals surface area contributed by atoms with Crippen LogP contribution in [0.15, 0.2) is 0 Å². The van der Waals surface area contributed by atoms with Crippen LogP contribution >= 0.6 is 0 Å². The number of hydrogen-bond acceptors (Lipinski definition) is 1. The predicted octanol–water partition coefficient (Wildman–Crippen LogP) is 4.00. The van der Waals surface area contributed by atoms with E-state index in [1.165, 1.54) is 38.5 Å². The lowest BCUT2D eigenvalue weighted by Crippen LogP contribution is -2.18. The Morgan fingerprint density at radius 3 is 2.50 bits per heavy atom. The van der Waals surface area contributed by atoms with Gasteiger partial charge >= 0.3 is 0 Å². The van der Waals surface area contributed by atoms with E-state index in [0.29, 0.717) is 0 Å². The molecule has 0 aromatic rings. The normalized spacial score (nSPS) is 34.9. The van der Waals surface area contributed by atoms with Crippen molar-refractivity contribution in [3.63, 3.8) is 0 Å². The van der Waals surface area contributed by atoms with Gasteiger partial charge in [0, 0.05) is 0 Å². The van der Waals surface area contributed by atoms with Crippen LogP contribution in [-0.4, -0.2) is 11.2 Å². The first-order valence-corrected chi connectivity index (χ1v) is 7.33. The summed E-state index contributed by atoms with van der Waals surface area (Å²) in [6.45, 7) is 4.53. The van der Waals surface area contributed by atoms with Gasteiger partial charge in [0.2, 0.25) is 0 Å². The third-order valence-corrected chi connectivity index (χ3v) is 4.78. The van der Waals surface area contributed by atoms with E-state index in [2.05, 4.69) is 13.8 Å². The zero-order valence-electron chi connectivity index (χ0n) is 11.0. The van der Waals surface area contributed by atoms with Crippen LogP contribution in [0.2, 0.25) is 0 Å². The van der Waals surface area contributed by atoms with Gasteiger partial charge in [-0.25, -0.2) is 0 Å². The lowest BCUT2D eigenvalue weighted by Gasteiger charge is -2.24. The van der Waals surface area contributed by atoms with Crippen LogP contribution in [0.1, 0.15) is 65.2 Å². The zero-order chi connectivity index (χ0) is 11.5. The summed E-state index contributed by atoms with van der Waals surface area (Å²) in [5.74, 6) is 3.66. The van der Waals surface area contributed by atoms with Crippen molar-refractivity contribution in [3.8, 4) is 0 Å². The van der Waals surface area contributed by atoms with Crippen molar-refractivity contribution in [2.45, 2.75) is 71.3 Å². The number of hydrogen-bond donors (Lipinski definition) is 1. The molecule has 0 heterocycles. The molecule has 0 spiro atoms. The molecule has 94 valence electrons. The summed E-state index contributed by atoms with van der Waals surface area (Å²) in [5.41, 5.74) is 0. The highest BCUT2D eigenvalue weighted by molar-refractivity contribution is 4.90. The third kappa shape index (κ3) is 3.23. The van der Waals surface area contributed by atoms with E-state index in [1.807, 2.05) is 0 Å². The Morgan fingerprint density at radius 2 is 1.94 bits per heavy atom. The number of fused-ring (bicyclic) bond motifs is 2. The van der Waals surface area contributed by atoms with Gasteiger partial charge in [-0.15, -0.1) is 0 Å². The highest BCUT2D eigenvalue weighted by atomic mass is 16.3. The molecule has 2 saturated carbocycles. The quantitative estimate of drug-likeness (QED) is 0.723. The third-order valence-electron chi connectivity index (χ3n) is 4.78. The molecule has 4 unspecified atom stereocenters. The van der Waals surface area contributed by atoms with Gasteiger partial charge in [0.15, 0.2) is 0 Å². The summed E-state index contributed by atoms with van der Waals surface area (Å²) in [5, 5.41) is 10.1. The summed E-state index contributed by atoms with van der Waals surface area (Å²) >= 11 is 0. The van der Waals surface area contributed by atoms with Crippen molar-refractivity contribution >= 4 is 0 Å². The largest absolute Gasteiger partial charge is 0.393 e. The Bertz CT molecular complexity index is 211. The fourth-order valence-electron chi connectivity index (χ4n) is 3.89. The van der Waals surface area contributed by atoms with Gasteiger partial charge in [0.1, 0.15) is 0 Å². The molecular formula is C15H28O. The molecule has 0 aliphatic heterocycles. The Labute approximate surface area is 101 Å². The van der Waals surface area contributed by atoms with Crippen molar-refractivity contribution in [3.05, 3.63) is 0 Å². The van der Waals surface area contributed by atoms with E-state index in [4.69, 9.17) is 0 Å². The number of aliphatic hydroxyl groups excluding tert-OH is 1. The summed E-state index contributed by atoms with van der Waals surface area (Å²) in [6.07, 6.45) is 10.4. The molecule has 0 aromatic heterocycles. The van der Waals surface area contributed by atoms with Crippen molar-refractivity contribution < 1.29 is 5.11 Å². The molecule has 0 radical (unpaired) electrons. The van der Waals surface area contributed by atoms with E-state index >= 15 is 0 Å². The van der Waals surface area contributed by atoms with Crippen LogP contribution in [0.3, 0.4) is 0 Å². The van der Waals surface area contributed by atoms with E-state index in [9.17, 15) is 5.11 Å². The number of aliphatic hydroxyl groups is 1. The van der Waals surface area contributed by atoms with Gasteiger partial charge in [-0.3, -0.25) is 0 Å². The highest BCUT2D eigenvalue weighted by Gasteiger charge is 2.39. The summed E-state index contributed by atoms with van der Waals surface area (Å²) in [7, 11) is 0. The standard InChI is InChI=1S/C15H28O/c1-11(2)4-3-5-15(16)10-14-9-12-6-7-13(14)8-12/h11-16H,3-10H2,1-2H3. The van der Waals surface area contributed by atoms with E-state index in [1.54, 1.807) is 0 Å². The van der Waals surface area contributed by atoms with E-state index < -0.39 is 0 Å². The molecule has 2 aliphatic carbocycles. The van der Waals surface area contributed by atoms with Crippen molar-refractivity contribution in [2.24, 2.45) is 23.7 Å². The van der Waals surface area contributed by atoms with Gasteiger partial charge in [-0.05, 0) is 55.8 Å². The minimum absolute atomic E-state index is 0.0110. The van der Waals surface area contributed by atoms with Gasteiger partial charge in [-0.1, -0.05) is 33.1 Å². The molecule has 2 aliphatic rings. The molecular weight excluding hydrogens is 196 g/mol. The molecule has 0 amide bonds. The first-order valence-electron chi connectivity index (χ1n) is 7.33. The zero-order valence-corrected chi connectivity index (χ0v) is 11.0. The molecule has 1 N–H and O–H groups in total. The summed E-state index contributed by atoms with van der Waals surface area (Å²) < 4.78 is 0. The van der Waals surface area contributed by atoms with Crippen LogP contribution < -0.4 is 0 Å². The first-order chi connectivity index (χ1) is 7.65. The van der Waals surface area contributed by atoms with Gasteiger partial charge in [-0.2, -0.15) is 0 Å². The fraction of sp³-hybridized carbons (Fsp3) is 1.00. The second-order valence-corrected chi connectivity index (χ2v) is 6.65. The summed E-state index contributed by atoms with van der Waals surface area (Å²) in [4.78, 5) is 0. The minimum Gasteiger partial charge on any atom is -0.393 e. The topological polar surface area (TPSA) is 20.2 Å². The van der Waals surface area contributed by atoms with Gasteiger partial charge in [0.25, 0.3) is 0 Å². The molecule has 0 aromatic carbocycles. The van der Waals surface area contributed by atoms with Crippen molar-refractivity contribution in [2.75, 3.05) is 0 Å². The number of rotatable bonds is 6. The molecule has 1 heteroatoms. The van der Waals surface area contributed by atoms with E-state index in [-0.39, 0.29) is 6.10 Å². The minimum atomic E-state index is -0.0110. The Kier molecular flexibility index (Phi) is 4.29. The molecule has 0 saturated heterocycles. The Morgan fingerprint density at radius 1 is 1.12 bits per heavy atom. The molecule has 2 bridgehead atoms. The highest BCUT2D eigenvalue weighted by Crippen LogP contribution is 2.50. The van der Waals surface area contributed by atoms with Crippen molar-refractivity contribution in [1.82, 2.24) is 0 Å². The predicted molar refractivity (Wildman–Crippen MR) is 68.3 cm³/mol. The maximum Gasteiger partial charge on any atom is 0.0543 e. The van der Waals surface area contributed by atoms with Crippen LogP contribution in [-0.2, 0) is 0 Å². The molecule has 4 atom stereocenters. The smallest absolute Gasteiger partial charge is 0.0543 e. The monoisotopic (exact) mass is 224 g/mol. The molecule has 2 rings (SSSR count). The average Bonchev–Trinajstić information content (AvgIpc) is 2.78. The van der Waals surface area contributed by atoms with E-state index in [0.717, 1.165) is 36.5 Å². The molecule has 1 nitrogen and oxygen atoms in total. The Hall–Kier alpha value is -0.0400. The summed E-state index contributed by atoms with van der Waals surface area (Å²) in [6, 6.07) is 0. The lowest BCUT2D eigenvalue weighted by molar-refractivity contribution is 0.113. The maximum absolute atomic E-state index is 10.1. The SMILES string of the molecule is CC(C)CCCC(O)CC1CC2CCC1C2. The van der Waals surface area contributed by atoms with Gasteiger partial charge < -0.3 is 5.11 Å². The molecule has 16 heavy (non-hydrogen) atoms. The average molecular weight is 224 g/mol. The van der Waals surface area contributed by atoms with Gasteiger partial charge in [0.05, 0.1) is 6.10 Å². The second kappa shape index (κ2) is 5.53. The van der Waals surface area contributed by atoms with Crippen LogP contribution in [0.25, 0.3) is 0 Å². The van der Waals surface area contributed by atoms with Crippen LogP contribution in [0.4, 0.5) is 0 Å². The van der Waals surface area contributed by atoms with Crippen LogP contribution in [0.5, 0.6) is 0 Å². The second-order valence-electron chi connectivity index (χ2n) is 6.65. The fourth-order valence-corrected chi connectivity index (χ4v) is 3.89. The Balaban J connectivity index is 1.62. The molecule has 2 fully saturated rings. The lowest BCUT2D eigenvalue weighted by atomic mass is 9.84.